The average molecular weight is 277 g/mol. The second kappa shape index (κ2) is 5.85. The highest BCUT2D eigenvalue weighted by Crippen LogP contribution is 2.26. The summed E-state index contributed by atoms with van der Waals surface area (Å²) in [6.45, 7) is 8.36. The first kappa shape index (κ1) is 14.5. The molecule has 0 amide bonds. The minimum Gasteiger partial charge on any atom is -0.459 e. The Morgan fingerprint density at radius 3 is 2.53 bits per heavy atom. The molecular formula is C12H17ClO3S. The number of hydrogen-bond donors (Lipinski definition) is 0. The zero-order valence-corrected chi connectivity index (χ0v) is 12.1. The van der Waals surface area contributed by atoms with Crippen LogP contribution in [0.1, 0.15) is 36.0 Å². The van der Waals surface area contributed by atoms with Crippen molar-refractivity contribution < 1.29 is 14.3 Å². The van der Waals surface area contributed by atoms with Crippen LogP contribution in [0.5, 0.6) is 0 Å². The van der Waals surface area contributed by atoms with E-state index in [1.54, 1.807) is 6.07 Å². The Labute approximate surface area is 111 Å². The van der Waals surface area contributed by atoms with Gasteiger partial charge in [-0.05, 0) is 39.3 Å². The van der Waals surface area contributed by atoms with Crippen molar-refractivity contribution >= 4 is 28.9 Å². The summed E-state index contributed by atoms with van der Waals surface area (Å²) in [7, 11) is 0. The van der Waals surface area contributed by atoms with Crippen LogP contribution >= 0.6 is 22.9 Å². The van der Waals surface area contributed by atoms with Gasteiger partial charge in [0.25, 0.3) is 0 Å². The van der Waals surface area contributed by atoms with Gasteiger partial charge in [-0.3, -0.25) is 0 Å². The number of carbonyl (C=O) groups excluding carboxylic acids is 1. The Morgan fingerprint density at radius 2 is 2.06 bits per heavy atom. The van der Waals surface area contributed by atoms with E-state index < -0.39 is 0 Å². The predicted molar refractivity (Wildman–Crippen MR) is 70.1 cm³/mol. The Morgan fingerprint density at radius 1 is 1.41 bits per heavy atom. The number of ether oxygens (including phenoxy) is 2. The third-order valence-corrected chi connectivity index (χ3v) is 3.27. The van der Waals surface area contributed by atoms with Crippen molar-refractivity contribution in [3.8, 4) is 0 Å². The summed E-state index contributed by atoms with van der Waals surface area (Å²) in [5, 5.41) is 0. The van der Waals surface area contributed by atoms with Gasteiger partial charge in [0.1, 0.15) is 11.5 Å². The monoisotopic (exact) mass is 276 g/mol. The molecule has 0 radical (unpaired) electrons. The Balaban J connectivity index is 2.38. The Bertz CT molecular complexity index is 393. The smallest absolute Gasteiger partial charge is 0.348 e. The molecule has 0 aliphatic carbocycles. The quantitative estimate of drug-likeness (QED) is 0.622. The topological polar surface area (TPSA) is 35.5 Å². The van der Waals surface area contributed by atoms with E-state index in [0.29, 0.717) is 15.8 Å². The number of carbonyl (C=O) groups is 1. The molecule has 1 heterocycles. The summed E-state index contributed by atoms with van der Waals surface area (Å²) in [5.74, 6) is -0.336. The highest BCUT2D eigenvalue weighted by molar-refractivity contribution is 7.18. The van der Waals surface area contributed by atoms with Crippen molar-refractivity contribution in [3.63, 3.8) is 0 Å². The summed E-state index contributed by atoms with van der Waals surface area (Å²) in [6.07, 6.45) is 0. The summed E-state index contributed by atoms with van der Waals surface area (Å²) in [6, 6.07) is 1.76. The molecule has 0 aliphatic heterocycles. The van der Waals surface area contributed by atoms with E-state index >= 15 is 0 Å². The van der Waals surface area contributed by atoms with Crippen LogP contribution in [0.2, 0.25) is 4.34 Å². The second-order valence-electron chi connectivity index (χ2n) is 4.66. The first-order valence-electron chi connectivity index (χ1n) is 5.36. The maximum absolute atomic E-state index is 11.7. The van der Waals surface area contributed by atoms with Gasteiger partial charge in [0, 0.05) is 0 Å². The first-order valence-corrected chi connectivity index (χ1v) is 6.56. The highest BCUT2D eigenvalue weighted by Gasteiger charge is 2.15. The fourth-order valence-electron chi connectivity index (χ4n) is 1.19. The van der Waals surface area contributed by atoms with E-state index in [-0.39, 0.29) is 18.2 Å². The largest absolute Gasteiger partial charge is 0.459 e. The molecule has 0 aliphatic rings. The van der Waals surface area contributed by atoms with Crippen molar-refractivity contribution in [1.82, 2.24) is 0 Å². The van der Waals surface area contributed by atoms with E-state index in [1.807, 2.05) is 27.7 Å². The Hall–Kier alpha value is -0.580. The molecule has 0 saturated carbocycles. The number of thiophene rings is 1. The summed E-state index contributed by atoms with van der Waals surface area (Å²) in [4.78, 5) is 12.2. The van der Waals surface area contributed by atoms with E-state index in [4.69, 9.17) is 21.1 Å². The molecule has 0 saturated heterocycles. The van der Waals surface area contributed by atoms with Gasteiger partial charge in [-0.1, -0.05) is 11.6 Å². The summed E-state index contributed by atoms with van der Waals surface area (Å²) in [5.41, 5.74) is 0.635. The minimum atomic E-state index is -0.336. The SMILES string of the molecule is Cc1cc(Cl)sc1C(=O)OCCOC(C)(C)C. The molecule has 1 rings (SSSR count). The van der Waals surface area contributed by atoms with Crippen molar-refractivity contribution in [1.29, 1.82) is 0 Å². The van der Waals surface area contributed by atoms with Crippen molar-refractivity contribution in [3.05, 3.63) is 20.8 Å². The van der Waals surface area contributed by atoms with Crippen LogP contribution in [0.4, 0.5) is 0 Å². The number of esters is 1. The van der Waals surface area contributed by atoms with Gasteiger partial charge >= 0.3 is 5.97 Å². The molecule has 1 aromatic rings. The molecule has 96 valence electrons. The number of rotatable bonds is 4. The van der Waals surface area contributed by atoms with Crippen LogP contribution in [0, 0.1) is 6.92 Å². The standard InChI is InChI=1S/C12H17ClO3S/c1-8-7-9(13)17-10(8)11(14)15-5-6-16-12(2,3)4/h7H,5-6H2,1-4H3. The van der Waals surface area contributed by atoms with Gasteiger partial charge in [-0.2, -0.15) is 0 Å². The van der Waals surface area contributed by atoms with Crippen LogP contribution in [0.3, 0.4) is 0 Å². The van der Waals surface area contributed by atoms with E-state index in [9.17, 15) is 4.79 Å². The lowest BCUT2D eigenvalue weighted by Gasteiger charge is -2.19. The molecule has 1 aromatic heterocycles. The molecule has 0 spiro atoms. The van der Waals surface area contributed by atoms with Crippen molar-refractivity contribution in [2.45, 2.75) is 33.3 Å². The molecule has 0 atom stereocenters. The number of aryl methyl sites for hydroxylation is 1. The van der Waals surface area contributed by atoms with Crippen LogP contribution in [-0.2, 0) is 9.47 Å². The fraction of sp³-hybridized carbons (Fsp3) is 0.583. The lowest BCUT2D eigenvalue weighted by Crippen LogP contribution is -2.22. The molecule has 0 N–H and O–H groups in total. The molecule has 0 aromatic carbocycles. The zero-order chi connectivity index (χ0) is 13.1. The number of halogens is 1. The van der Waals surface area contributed by atoms with Crippen molar-refractivity contribution in [2.75, 3.05) is 13.2 Å². The molecule has 5 heteroatoms. The number of hydrogen-bond acceptors (Lipinski definition) is 4. The molecule has 3 nitrogen and oxygen atoms in total. The van der Waals surface area contributed by atoms with Crippen LogP contribution in [0.25, 0.3) is 0 Å². The van der Waals surface area contributed by atoms with Gasteiger partial charge < -0.3 is 9.47 Å². The van der Waals surface area contributed by atoms with Crippen molar-refractivity contribution in [2.24, 2.45) is 0 Å². The average Bonchev–Trinajstić information content (AvgIpc) is 2.51. The predicted octanol–water partition coefficient (Wildman–Crippen LogP) is 3.68. The van der Waals surface area contributed by atoms with Gasteiger partial charge in [0.05, 0.1) is 16.5 Å². The molecule has 17 heavy (non-hydrogen) atoms. The summed E-state index contributed by atoms with van der Waals surface area (Å²) < 4.78 is 11.2. The van der Waals surface area contributed by atoms with Crippen LogP contribution in [0.15, 0.2) is 6.07 Å². The lowest BCUT2D eigenvalue weighted by molar-refractivity contribution is -0.0280. The minimum absolute atomic E-state index is 0.214. The fourth-order valence-corrected chi connectivity index (χ4v) is 2.38. The summed E-state index contributed by atoms with van der Waals surface area (Å²) >= 11 is 7.05. The van der Waals surface area contributed by atoms with E-state index in [0.717, 1.165) is 5.56 Å². The van der Waals surface area contributed by atoms with Gasteiger partial charge in [-0.15, -0.1) is 11.3 Å². The molecule has 0 fully saturated rings. The van der Waals surface area contributed by atoms with Crippen LogP contribution < -0.4 is 0 Å². The van der Waals surface area contributed by atoms with Gasteiger partial charge in [0.2, 0.25) is 0 Å². The third kappa shape index (κ3) is 5.06. The normalized spacial score (nSPS) is 11.6. The lowest BCUT2D eigenvalue weighted by atomic mass is 10.2. The van der Waals surface area contributed by atoms with Crippen LogP contribution in [-0.4, -0.2) is 24.8 Å². The maximum atomic E-state index is 11.7. The highest BCUT2D eigenvalue weighted by atomic mass is 35.5. The molecular weight excluding hydrogens is 260 g/mol. The maximum Gasteiger partial charge on any atom is 0.348 e. The van der Waals surface area contributed by atoms with Gasteiger partial charge in [-0.25, -0.2) is 4.79 Å². The van der Waals surface area contributed by atoms with E-state index in [2.05, 4.69) is 0 Å². The van der Waals surface area contributed by atoms with E-state index in [1.165, 1.54) is 11.3 Å². The molecule has 0 unspecified atom stereocenters. The third-order valence-electron chi connectivity index (χ3n) is 1.92. The zero-order valence-electron chi connectivity index (χ0n) is 10.5. The first-order chi connectivity index (χ1) is 7.79. The Kier molecular flexibility index (Phi) is 4.98. The van der Waals surface area contributed by atoms with Gasteiger partial charge in [0.15, 0.2) is 0 Å². The molecule has 0 bridgehead atoms. The second-order valence-corrected chi connectivity index (χ2v) is 6.34.